The number of ketones is 1. The number of nitrogens with one attached hydrogen (secondary N) is 1. The summed E-state index contributed by atoms with van der Waals surface area (Å²) in [6, 6.07) is 15.6. The zero-order valence-corrected chi connectivity index (χ0v) is 12.9. The highest BCUT2D eigenvalue weighted by atomic mass is 19.1. The van der Waals surface area contributed by atoms with Gasteiger partial charge >= 0.3 is 0 Å². The number of hydrogen-bond donors (Lipinski definition) is 1. The minimum absolute atomic E-state index is 0.0809. The monoisotopic (exact) mass is 316 g/mol. The van der Waals surface area contributed by atoms with Crippen LogP contribution in [-0.4, -0.2) is 5.78 Å². The number of fused-ring (bicyclic) bond motifs is 2. The third kappa shape index (κ3) is 1.92. The Morgan fingerprint density at radius 2 is 1.75 bits per heavy atom. The second kappa shape index (κ2) is 5.17. The van der Waals surface area contributed by atoms with Crippen molar-refractivity contribution in [1.82, 2.24) is 5.32 Å². The van der Waals surface area contributed by atoms with Crippen LogP contribution in [0.1, 0.15) is 34.3 Å². The first-order valence-electron chi connectivity index (χ1n) is 7.63. The minimum Gasteiger partial charge on any atom is -0.357 e. The molecule has 0 fully saturated rings. The van der Waals surface area contributed by atoms with Crippen molar-refractivity contribution in [2.75, 3.05) is 0 Å². The number of rotatable bonds is 1. The first kappa shape index (κ1) is 14.4. The third-order valence-corrected chi connectivity index (χ3v) is 4.57. The van der Waals surface area contributed by atoms with Crippen LogP contribution in [0.5, 0.6) is 0 Å². The number of nitrogens with zero attached hydrogens (tertiary/aromatic N) is 1. The number of nitriles is 1. The van der Waals surface area contributed by atoms with Gasteiger partial charge in [0.05, 0.1) is 23.3 Å². The van der Waals surface area contributed by atoms with E-state index in [4.69, 9.17) is 0 Å². The average molecular weight is 316 g/mol. The summed E-state index contributed by atoms with van der Waals surface area (Å²) in [5.74, 6) is -0.906. The number of Topliss-reactive ketones (excluding diaryl/α,β-unsaturated/α-hetero) is 1. The fraction of sp³-hybridized carbons (Fsp3) is 0.100. The van der Waals surface area contributed by atoms with E-state index >= 15 is 0 Å². The normalized spacial score (nSPS) is 18.9. The average Bonchev–Trinajstić information content (AvgIpc) is 2.87. The van der Waals surface area contributed by atoms with Crippen LogP contribution < -0.4 is 5.32 Å². The van der Waals surface area contributed by atoms with E-state index in [1.54, 1.807) is 18.2 Å². The van der Waals surface area contributed by atoms with E-state index in [0.29, 0.717) is 16.7 Å². The summed E-state index contributed by atoms with van der Waals surface area (Å²) >= 11 is 0. The first-order valence-corrected chi connectivity index (χ1v) is 7.63. The second-order valence-electron chi connectivity index (χ2n) is 5.92. The molecule has 1 aliphatic heterocycles. The lowest BCUT2D eigenvalue weighted by Gasteiger charge is -2.27. The zero-order chi connectivity index (χ0) is 16.8. The molecule has 0 aromatic heterocycles. The predicted molar refractivity (Wildman–Crippen MR) is 88.3 cm³/mol. The summed E-state index contributed by atoms with van der Waals surface area (Å²) in [5, 5.41) is 12.8. The van der Waals surface area contributed by atoms with Gasteiger partial charge in [0.15, 0.2) is 5.78 Å². The highest BCUT2D eigenvalue weighted by molar-refractivity contribution is 6.22. The maximum absolute atomic E-state index is 13.3. The van der Waals surface area contributed by atoms with E-state index in [1.807, 2.05) is 25.1 Å². The molecule has 2 aromatic rings. The molecule has 3 nitrogen and oxygen atoms in total. The Morgan fingerprint density at radius 3 is 2.42 bits per heavy atom. The van der Waals surface area contributed by atoms with Gasteiger partial charge in [-0.05, 0) is 24.6 Å². The summed E-state index contributed by atoms with van der Waals surface area (Å²) in [4.78, 5) is 12.9. The smallest absolute Gasteiger partial charge is 0.192 e. The summed E-state index contributed by atoms with van der Waals surface area (Å²) in [7, 11) is 0. The molecule has 1 atom stereocenters. The molecule has 4 rings (SSSR count). The number of benzene rings is 2. The lowest BCUT2D eigenvalue weighted by molar-refractivity contribution is 0.103. The lowest BCUT2D eigenvalue weighted by atomic mass is 9.80. The lowest BCUT2D eigenvalue weighted by Crippen LogP contribution is -2.24. The first-order chi connectivity index (χ1) is 11.6. The van der Waals surface area contributed by atoms with E-state index in [1.165, 1.54) is 12.1 Å². The van der Waals surface area contributed by atoms with Crippen LogP contribution in [-0.2, 0) is 0 Å². The molecule has 2 aliphatic rings. The Labute approximate surface area is 138 Å². The van der Waals surface area contributed by atoms with Crippen LogP contribution in [0.3, 0.4) is 0 Å². The molecule has 116 valence electrons. The number of dihydropyridines is 1. The van der Waals surface area contributed by atoms with Crippen molar-refractivity contribution in [1.29, 1.82) is 5.26 Å². The Kier molecular flexibility index (Phi) is 3.10. The van der Waals surface area contributed by atoms with Crippen molar-refractivity contribution in [3.8, 4) is 6.07 Å². The molecule has 1 heterocycles. The van der Waals surface area contributed by atoms with E-state index in [2.05, 4.69) is 11.4 Å². The molecule has 0 spiro atoms. The molecule has 2 aromatic carbocycles. The number of hydrogen-bond acceptors (Lipinski definition) is 3. The van der Waals surface area contributed by atoms with Crippen LogP contribution in [0.4, 0.5) is 4.39 Å². The Morgan fingerprint density at radius 1 is 1.08 bits per heavy atom. The Balaban J connectivity index is 1.95. The van der Waals surface area contributed by atoms with E-state index in [-0.39, 0.29) is 11.6 Å². The molecule has 0 saturated carbocycles. The maximum Gasteiger partial charge on any atom is 0.192 e. The van der Waals surface area contributed by atoms with Crippen LogP contribution >= 0.6 is 0 Å². The van der Waals surface area contributed by atoms with Crippen LogP contribution in [0.25, 0.3) is 5.70 Å². The van der Waals surface area contributed by atoms with Crippen molar-refractivity contribution in [2.24, 2.45) is 0 Å². The van der Waals surface area contributed by atoms with Gasteiger partial charge in [-0.1, -0.05) is 36.4 Å². The SMILES string of the molecule is CC1=C(C#N)[C@H](c2ccc(F)cc2)C2=C(N1)c1ccccc1C2=O. The van der Waals surface area contributed by atoms with Gasteiger partial charge in [-0.3, -0.25) is 4.79 Å². The van der Waals surface area contributed by atoms with Crippen LogP contribution in [0.15, 0.2) is 65.4 Å². The second-order valence-corrected chi connectivity index (χ2v) is 5.92. The van der Waals surface area contributed by atoms with Crippen LogP contribution in [0.2, 0.25) is 0 Å². The van der Waals surface area contributed by atoms with Gasteiger partial charge in [-0.25, -0.2) is 4.39 Å². The molecule has 1 aliphatic carbocycles. The Bertz CT molecular complexity index is 977. The molecule has 0 radical (unpaired) electrons. The molecule has 0 unspecified atom stereocenters. The molecule has 4 heteroatoms. The number of halogens is 1. The van der Waals surface area contributed by atoms with Gasteiger partial charge in [-0.15, -0.1) is 0 Å². The zero-order valence-electron chi connectivity index (χ0n) is 12.9. The number of carbonyl (C=O) groups excluding carboxylic acids is 1. The molecule has 0 saturated heterocycles. The van der Waals surface area contributed by atoms with E-state index < -0.39 is 5.92 Å². The summed E-state index contributed by atoms with van der Waals surface area (Å²) in [6.45, 7) is 1.82. The van der Waals surface area contributed by atoms with E-state index in [0.717, 1.165) is 22.5 Å². The van der Waals surface area contributed by atoms with Crippen molar-refractivity contribution < 1.29 is 9.18 Å². The van der Waals surface area contributed by atoms with Crippen LogP contribution in [0, 0.1) is 17.1 Å². The maximum atomic E-state index is 13.3. The molecule has 24 heavy (non-hydrogen) atoms. The van der Waals surface area contributed by atoms with Gasteiger partial charge in [0.2, 0.25) is 0 Å². The molecular formula is C20H13FN2O. The largest absolute Gasteiger partial charge is 0.357 e. The molecule has 1 N–H and O–H groups in total. The predicted octanol–water partition coefficient (Wildman–Crippen LogP) is 3.92. The summed E-state index contributed by atoms with van der Waals surface area (Å²) in [5.41, 5.74) is 4.74. The van der Waals surface area contributed by atoms with Crippen molar-refractivity contribution in [3.05, 3.63) is 87.9 Å². The van der Waals surface area contributed by atoms with Crippen molar-refractivity contribution in [2.45, 2.75) is 12.8 Å². The summed E-state index contributed by atoms with van der Waals surface area (Å²) < 4.78 is 13.3. The highest BCUT2D eigenvalue weighted by Gasteiger charge is 2.40. The topological polar surface area (TPSA) is 52.9 Å². The molecular weight excluding hydrogens is 303 g/mol. The highest BCUT2D eigenvalue weighted by Crippen LogP contribution is 2.46. The van der Waals surface area contributed by atoms with Gasteiger partial charge < -0.3 is 5.32 Å². The van der Waals surface area contributed by atoms with Crippen molar-refractivity contribution in [3.63, 3.8) is 0 Å². The van der Waals surface area contributed by atoms with E-state index in [9.17, 15) is 14.4 Å². The van der Waals surface area contributed by atoms with Gasteiger partial charge in [-0.2, -0.15) is 5.26 Å². The van der Waals surface area contributed by atoms with Gasteiger partial charge in [0.1, 0.15) is 5.82 Å². The Hall–Kier alpha value is -3.19. The summed E-state index contributed by atoms with van der Waals surface area (Å²) in [6.07, 6.45) is 0. The quantitative estimate of drug-likeness (QED) is 0.867. The third-order valence-electron chi connectivity index (χ3n) is 4.57. The number of carbonyl (C=O) groups is 1. The molecule has 0 bridgehead atoms. The van der Waals surface area contributed by atoms with Gasteiger partial charge in [0, 0.05) is 22.4 Å². The molecule has 0 amide bonds. The minimum atomic E-state index is -0.480. The van der Waals surface area contributed by atoms with Gasteiger partial charge in [0.25, 0.3) is 0 Å². The standard InChI is InChI=1S/C20H13FN2O/c1-11-16(10-22)17(12-6-8-13(21)9-7-12)18-19(23-11)14-4-2-3-5-15(14)20(18)24/h2-9,17,23H,1H3/t17-/m0/s1. The fourth-order valence-corrected chi connectivity index (χ4v) is 3.47. The van der Waals surface area contributed by atoms with Crippen molar-refractivity contribution >= 4 is 11.5 Å². The number of allylic oxidation sites excluding steroid dienone is 3. The fourth-order valence-electron chi connectivity index (χ4n) is 3.47.